The first kappa shape index (κ1) is 17.2. The summed E-state index contributed by atoms with van der Waals surface area (Å²) in [5, 5.41) is 11.6. The second-order valence-corrected chi connectivity index (χ2v) is 6.22. The Kier molecular flexibility index (Phi) is 5.16. The number of aromatic amines is 1. The van der Waals surface area contributed by atoms with Gasteiger partial charge >= 0.3 is 0 Å². The summed E-state index contributed by atoms with van der Waals surface area (Å²) in [6.07, 6.45) is 1.58. The maximum Gasteiger partial charge on any atom is 0.289 e. The molecule has 0 unspecified atom stereocenters. The van der Waals surface area contributed by atoms with E-state index < -0.39 is 0 Å². The van der Waals surface area contributed by atoms with Gasteiger partial charge in [0.05, 0.1) is 22.0 Å². The second-order valence-electron chi connectivity index (χ2n) is 5.41. The summed E-state index contributed by atoms with van der Waals surface area (Å²) in [6, 6.07) is 14.6. The van der Waals surface area contributed by atoms with Crippen LogP contribution in [0.25, 0.3) is 11.3 Å². The van der Waals surface area contributed by atoms with Crippen LogP contribution in [-0.4, -0.2) is 22.3 Å². The molecule has 3 rings (SSSR count). The van der Waals surface area contributed by atoms with Gasteiger partial charge < -0.3 is 0 Å². The minimum absolute atomic E-state index is 0.294. The van der Waals surface area contributed by atoms with E-state index in [1.807, 2.05) is 31.2 Å². The molecule has 0 fully saturated rings. The van der Waals surface area contributed by atoms with E-state index in [2.05, 4.69) is 20.7 Å². The first-order valence-electron chi connectivity index (χ1n) is 7.44. The molecule has 0 aliphatic carbocycles. The number of H-pyrrole nitrogens is 1. The summed E-state index contributed by atoms with van der Waals surface area (Å²) < 4.78 is 0. The molecular formula is C18H14Cl2N4O. The molecule has 0 aliphatic heterocycles. The number of hydrazone groups is 1. The van der Waals surface area contributed by atoms with Crippen molar-refractivity contribution < 1.29 is 4.79 Å². The SMILES string of the molecule is Cc1ccc(/C=N\NC(=O)c2cc(-c3ccc(Cl)c(Cl)c3)n[nH]2)cc1. The molecule has 3 aromatic rings. The van der Waals surface area contributed by atoms with Crippen molar-refractivity contribution in [3.05, 3.63) is 75.4 Å². The highest BCUT2D eigenvalue weighted by molar-refractivity contribution is 6.42. The summed E-state index contributed by atoms with van der Waals surface area (Å²) in [7, 11) is 0. The molecule has 1 heterocycles. The first-order chi connectivity index (χ1) is 12.0. The van der Waals surface area contributed by atoms with Crippen molar-refractivity contribution in [3.8, 4) is 11.3 Å². The third-order valence-electron chi connectivity index (χ3n) is 3.49. The van der Waals surface area contributed by atoms with Crippen LogP contribution in [0, 0.1) is 6.92 Å². The zero-order valence-electron chi connectivity index (χ0n) is 13.3. The molecule has 0 radical (unpaired) electrons. The number of halogens is 2. The van der Waals surface area contributed by atoms with Crippen LogP contribution in [0.4, 0.5) is 0 Å². The van der Waals surface area contributed by atoms with E-state index in [-0.39, 0.29) is 5.91 Å². The maximum absolute atomic E-state index is 12.1. The maximum atomic E-state index is 12.1. The smallest absolute Gasteiger partial charge is 0.272 e. The van der Waals surface area contributed by atoms with Crippen molar-refractivity contribution in [2.45, 2.75) is 6.92 Å². The zero-order valence-corrected chi connectivity index (χ0v) is 14.8. The van der Waals surface area contributed by atoms with Crippen LogP contribution in [0.2, 0.25) is 10.0 Å². The lowest BCUT2D eigenvalue weighted by Crippen LogP contribution is -2.17. The summed E-state index contributed by atoms with van der Waals surface area (Å²) >= 11 is 11.9. The van der Waals surface area contributed by atoms with Crippen molar-refractivity contribution >= 4 is 35.3 Å². The summed E-state index contributed by atoms with van der Waals surface area (Å²) in [5.41, 5.74) is 6.16. The van der Waals surface area contributed by atoms with E-state index in [9.17, 15) is 4.79 Å². The second kappa shape index (κ2) is 7.51. The minimum Gasteiger partial charge on any atom is -0.272 e. The van der Waals surface area contributed by atoms with E-state index in [0.717, 1.165) is 16.7 Å². The fraction of sp³-hybridized carbons (Fsp3) is 0.0556. The van der Waals surface area contributed by atoms with Gasteiger partial charge in [0.2, 0.25) is 0 Å². The molecule has 0 bridgehead atoms. The Balaban J connectivity index is 1.68. The van der Waals surface area contributed by atoms with Gasteiger partial charge in [-0.15, -0.1) is 0 Å². The van der Waals surface area contributed by atoms with Gasteiger partial charge in [-0.2, -0.15) is 10.2 Å². The Morgan fingerprint density at radius 3 is 2.60 bits per heavy atom. The van der Waals surface area contributed by atoms with Gasteiger partial charge in [0.1, 0.15) is 5.69 Å². The molecule has 126 valence electrons. The van der Waals surface area contributed by atoms with Gasteiger partial charge in [0, 0.05) is 5.56 Å². The van der Waals surface area contributed by atoms with Crippen molar-refractivity contribution in [2.75, 3.05) is 0 Å². The number of nitrogens with one attached hydrogen (secondary N) is 2. The van der Waals surface area contributed by atoms with Crippen molar-refractivity contribution in [1.82, 2.24) is 15.6 Å². The predicted molar refractivity (Wildman–Crippen MR) is 100 cm³/mol. The minimum atomic E-state index is -0.387. The first-order valence-corrected chi connectivity index (χ1v) is 8.19. The van der Waals surface area contributed by atoms with Crippen LogP contribution in [0.1, 0.15) is 21.6 Å². The number of hydrogen-bond acceptors (Lipinski definition) is 3. The van der Waals surface area contributed by atoms with Crippen LogP contribution in [-0.2, 0) is 0 Å². The molecular weight excluding hydrogens is 359 g/mol. The number of carbonyl (C=O) groups excluding carboxylic acids is 1. The lowest BCUT2D eigenvalue weighted by atomic mass is 10.1. The number of carbonyl (C=O) groups is 1. The van der Waals surface area contributed by atoms with E-state index in [0.29, 0.717) is 21.4 Å². The molecule has 2 aromatic carbocycles. The van der Waals surface area contributed by atoms with Gasteiger partial charge in [0.15, 0.2) is 0 Å². The zero-order chi connectivity index (χ0) is 17.8. The highest BCUT2D eigenvalue weighted by atomic mass is 35.5. The van der Waals surface area contributed by atoms with Gasteiger partial charge in [-0.25, -0.2) is 5.43 Å². The number of nitrogens with zero attached hydrogens (tertiary/aromatic N) is 2. The van der Waals surface area contributed by atoms with E-state index >= 15 is 0 Å². The lowest BCUT2D eigenvalue weighted by Gasteiger charge is -1.99. The van der Waals surface area contributed by atoms with Crippen LogP contribution >= 0.6 is 23.2 Å². The number of hydrogen-bond donors (Lipinski definition) is 2. The molecule has 0 aliphatic rings. The normalized spacial score (nSPS) is 11.0. The Bertz CT molecular complexity index is 933. The molecule has 0 saturated heterocycles. The molecule has 1 amide bonds. The molecule has 0 spiro atoms. The molecule has 7 heteroatoms. The lowest BCUT2D eigenvalue weighted by molar-refractivity contribution is 0.0950. The standard InChI is InChI=1S/C18H14Cl2N4O/c1-11-2-4-12(5-3-11)10-21-24-18(25)17-9-16(22-23-17)13-6-7-14(19)15(20)8-13/h2-10H,1H3,(H,22,23)(H,24,25)/b21-10-. The predicted octanol–water partition coefficient (Wildman–Crippen LogP) is 4.46. The number of amides is 1. The molecule has 5 nitrogen and oxygen atoms in total. The molecule has 0 saturated carbocycles. The largest absolute Gasteiger partial charge is 0.289 e. The topological polar surface area (TPSA) is 70.1 Å². The van der Waals surface area contributed by atoms with Crippen LogP contribution in [0.3, 0.4) is 0 Å². The summed E-state index contributed by atoms with van der Waals surface area (Å²) in [4.78, 5) is 12.1. The highest BCUT2D eigenvalue weighted by Crippen LogP contribution is 2.27. The van der Waals surface area contributed by atoms with E-state index in [1.165, 1.54) is 0 Å². The van der Waals surface area contributed by atoms with Gasteiger partial charge in [-0.1, -0.05) is 59.1 Å². The average Bonchev–Trinajstić information content (AvgIpc) is 3.09. The van der Waals surface area contributed by atoms with Crippen LogP contribution in [0.5, 0.6) is 0 Å². The van der Waals surface area contributed by atoms with E-state index in [1.54, 1.807) is 30.5 Å². The molecule has 25 heavy (non-hydrogen) atoms. The van der Waals surface area contributed by atoms with Gasteiger partial charge in [-0.05, 0) is 30.7 Å². The Morgan fingerprint density at radius 1 is 1.12 bits per heavy atom. The van der Waals surface area contributed by atoms with Crippen LogP contribution < -0.4 is 5.43 Å². The Morgan fingerprint density at radius 2 is 1.88 bits per heavy atom. The summed E-state index contributed by atoms with van der Waals surface area (Å²) in [6.45, 7) is 2.01. The van der Waals surface area contributed by atoms with Gasteiger partial charge in [-0.3, -0.25) is 9.89 Å². The van der Waals surface area contributed by atoms with Crippen molar-refractivity contribution in [2.24, 2.45) is 5.10 Å². The Labute approximate surface area is 154 Å². The third-order valence-corrected chi connectivity index (χ3v) is 4.23. The Hall–Kier alpha value is -2.63. The third kappa shape index (κ3) is 4.26. The van der Waals surface area contributed by atoms with Crippen molar-refractivity contribution in [3.63, 3.8) is 0 Å². The number of rotatable bonds is 4. The molecule has 0 atom stereocenters. The summed E-state index contributed by atoms with van der Waals surface area (Å²) in [5.74, 6) is -0.387. The molecule has 1 aromatic heterocycles. The fourth-order valence-corrected chi connectivity index (χ4v) is 2.42. The highest BCUT2D eigenvalue weighted by Gasteiger charge is 2.11. The van der Waals surface area contributed by atoms with Gasteiger partial charge in [0.25, 0.3) is 5.91 Å². The van der Waals surface area contributed by atoms with Crippen molar-refractivity contribution in [1.29, 1.82) is 0 Å². The monoisotopic (exact) mass is 372 g/mol. The van der Waals surface area contributed by atoms with Crippen LogP contribution in [0.15, 0.2) is 53.6 Å². The number of aromatic nitrogens is 2. The fourth-order valence-electron chi connectivity index (χ4n) is 2.12. The number of aryl methyl sites for hydroxylation is 1. The average molecular weight is 373 g/mol. The van der Waals surface area contributed by atoms with E-state index in [4.69, 9.17) is 23.2 Å². The molecule has 2 N–H and O–H groups in total. The number of benzene rings is 2. The quantitative estimate of drug-likeness (QED) is 0.524.